The van der Waals surface area contributed by atoms with Crippen LogP contribution >= 0.6 is 0 Å². The van der Waals surface area contributed by atoms with Crippen molar-refractivity contribution < 1.29 is 13.2 Å². The van der Waals surface area contributed by atoms with Crippen molar-refractivity contribution in [3.63, 3.8) is 0 Å². The summed E-state index contributed by atoms with van der Waals surface area (Å²) in [7, 11) is -1.47. The first-order valence-electron chi connectivity index (χ1n) is 8.48. The van der Waals surface area contributed by atoms with Crippen LogP contribution in [-0.2, 0) is 10.0 Å². The minimum atomic E-state index is -3.14. The Morgan fingerprint density at radius 1 is 1.12 bits per heavy atom. The Hall–Kier alpha value is -1.31. The van der Waals surface area contributed by atoms with Crippen LogP contribution < -0.4 is 14.4 Å². The molecule has 6 nitrogen and oxygen atoms in total. The Bertz CT molecular complexity index is 594. The van der Waals surface area contributed by atoms with E-state index in [4.69, 9.17) is 4.74 Å². The molecule has 1 aliphatic heterocycles. The van der Waals surface area contributed by atoms with Crippen LogP contribution in [0.3, 0.4) is 0 Å². The molecule has 0 saturated carbocycles. The van der Waals surface area contributed by atoms with E-state index in [2.05, 4.69) is 26.7 Å². The summed E-state index contributed by atoms with van der Waals surface area (Å²) < 4.78 is 31.5. The summed E-state index contributed by atoms with van der Waals surface area (Å²) >= 11 is 0. The molecule has 0 unspecified atom stereocenters. The molecule has 1 saturated heterocycles. The minimum absolute atomic E-state index is 0.149. The van der Waals surface area contributed by atoms with E-state index in [1.54, 1.807) is 7.11 Å². The maximum absolute atomic E-state index is 11.8. The van der Waals surface area contributed by atoms with Gasteiger partial charge in [-0.15, -0.1) is 0 Å². The lowest BCUT2D eigenvalue weighted by Crippen LogP contribution is -2.48. The predicted octanol–water partition coefficient (Wildman–Crippen LogP) is 1.39. The molecule has 24 heavy (non-hydrogen) atoms. The number of ether oxygens (including phenoxy) is 1. The van der Waals surface area contributed by atoms with E-state index in [0.717, 1.165) is 38.5 Å². The van der Waals surface area contributed by atoms with Gasteiger partial charge in [-0.1, -0.05) is 13.8 Å². The second-order valence-corrected chi connectivity index (χ2v) is 8.45. The Kier molecular flexibility index (Phi) is 6.89. The van der Waals surface area contributed by atoms with E-state index >= 15 is 0 Å². The zero-order valence-corrected chi connectivity index (χ0v) is 15.7. The molecule has 1 N–H and O–H groups in total. The summed E-state index contributed by atoms with van der Waals surface area (Å²) in [5, 5.41) is 0. The Labute approximate surface area is 145 Å². The second kappa shape index (κ2) is 8.69. The van der Waals surface area contributed by atoms with E-state index in [1.165, 1.54) is 5.69 Å². The van der Waals surface area contributed by atoms with Crippen LogP contribution in [0.2, 0.25) is 0 Å². The number of anilines is 1. The van der Waals surface area contributed by atoms with Gasteiger partial charge in [-0.3, -0.25) is 4.90 Å². The highest BCUT2D eigenvalue weighted by Gasteiger charge is 2.18. The molecule has 136 valence electrons. The molecular weight excluding hydrogens is 326 g/mol. The molecule has 0 amide bonds. The van der Waals surface area contributed by atoms with Gasteiger partial charge in [0.15, 0.2) is 0 Å². The van der Waals surface area contributed by atoms with Gasteiger partial charge in [-0.2, -0.15) is 0 Å². The van der Waals surface area contributed by atoms with Crippen molar-refractivity contribution in [3.05, 3.63) is 24.3 Å². The highest BCUT2D eigenvalue weighted by Crippen LogP contribution is 2.20. The lowest BCUT2D eigenvalue weighted by molar-refractivity contribution is 0.262. The number of nitrogens with zero attached hydrogens (tertiary/aromatic N) is 2. The highest BCUT2D eigenvalue weighted by atomic mass is 32.2. The minimum Gasteiger partial charge on any atom is -0.497 e. The number of sulfonamides is 1. The molecule has 0 bridgehead atoms. The van der Waals surface area contributed by atoms with Crippen LogP contribution in [0.5, 0.6) is 5.75 Å². The van der Waals surface area contributed by atoms with Gasteiger partial charge in [0, 0.05) is 45.0 Å². The van der Waals surface area contributed by atoms with Crippen LogP contribution in [0, 0.1) is 5.92 Å². The standard InChI is InChI=1S/C17H29N3O3S/c1-15(2)14-24(21,22)18-8-9-19-10-12-20(13-11-19)16-4-6-17(23-3)7-5-16/h4-7,15,18H,8-14H2,1-3H3. The summed E-state index contributed by atoms with van der Waals surface area (Å²) in [4.78, 5) is 4.65. The Balaban J connectivity index is 1.72. The van der Waals surface area contributed by atoms with E-state index < -0.39 is 10.0 Å². The third-order valence-electron chi connectivity index (χ3n) is 4.11. The molecule has 7 heteroatoms. The largest absolute Gasteiger partial charge is 0.497 e. The average molecular weight is 356 g/mol. The summed E-state index contributed by atoms with van der Waals surface area (Å²) in [6.45, 7) is 8.85. The quantitative estimate of drug-likeness (QED) is 0.764. The summed E-state index contributed by atoms with van der Waals surface area (Å²) in [6, 6.07) is 8.11. The first kappa shape index (κ1) is 19.0. The summed E-state index contributed by atoms with van der Waals surface area (Å²) in [6.07, 6.45) is 0. The molecule has 1 heterocycles. The van der Waals surface area contributed by atoms with Crippen LogP contribution in [0.4, 0.5) is 5.69 Å². The molecule has 2 rings (SSSR count). The van der Waals surface area contributed by atoms with Crippen LogP contribution in [-0.4, -0.2) is 65.4 Å². The van der Waals surface area contributed by atoms with Crippen molar-refractivity contribution in [3.8, 4) is 5.75 Å². The molecule has 1 aromatic rings. The van der Waals surface area contributed by atoms with Crippen molar-refractivity contribution in [2.45, 2.75) is 13.8 Å². The lowest BCUT2D eigenvalue weighted by atomic mass is 10.2. The summed E-state index contributed by atoms with van der Waals surface area (Å²) in [5.41, 5.74) is 1.20. The highest BCUT2D eigenvalue weighted by molar-refractivity contribution is 7.89. The fraction of sp³-hybridized carbons (Fsp3) is 0.647. The van der Waals surface area contributed by atoms with Crippen molar-refractivity contribution >= 4 is 15.7 Å². The number of hydrogen-bond acceptors (Lipinski definition) is 5. The first-order valence-corrected chi connectivity index (χ1v) is 10.1. The van der Waals surface area contributed by atoms with Crippen molar-refractivity contribution in [1.82, 2.24) is 9.62 Å². The number of nitrogens with one attached hydrogen (secondary N) is 1. The number of piperazine rings is 1. The normalized spacial score (nSPS) is 16.6. The van der Waals surface area contributed by atoms with E-state index in [1.807, 2.05) is 26.0 Å². The molecule has 0 spiro atoms. The van der Waals surface area contributed by atoms with Crippen LogP contribution in [0.25, 0.3) is 0 Å². The molecule has 1 aliphatic rings. The third kappa shape index (κ3) is 5.96. The van der Waals surface area contributed by atoms with Gasteiger partial charge in [0.1, 0.15) is 5.75 Å². The molecule has 0 aliphatic carbocycles. The monoisotopic (exact) mass is 355 g/mol. The molecule has 0 aromatic heterocycles. The maximum atomic E-state index is 11.8. The van der Waals surface area contributed by atoms with Crippen molar-refractivity contribution in [2.24, 2.45) is 5.92 Å². The van der Waals surface area contributed by atoms with Gasteiger partial charge in [-0.25, -0.2) is 13.1 Å². The van der Waals surface area contributed by atoms with Gasteiger partial charge in [0.05, 0.1) is 12.9 Å². The van der Waals surface area contributed by atoms with Gasteiger partial charge >= 0.3 is 0 Å². The number of methoxy groups -OCH3 is 1. The zero-order valence-electron chi connectivity index (χ0n) is 14.9. The topological polar surface area (TPSA) is 61.9 Å². The fourth-order valence-electron chi connectivity index (χ4n) is 2.88. The molecule has 0 radical (unpaired) electrons. The second-order valence-electron chi connectivity index (χ2n) is 6.60. The molecule has 1 aromatic carbocycles. The van der Waals surface area contributed by atoms with E-state index in [0.29, 0.717) is 6.54 Å². The predicted molar refractivity (Wildman–Crippen MR) is 98.3 cm³/mol. The van der Waals surface area contributed by atoms with Gasteiger partial charge in [0.2, 0.25) is 10.0 Å². The van der Waals surface area contributed by atoms with Gasteiger partial charge in [0.25, 0.3) is 0 Å². The molecule has 1 fully saturated rings. The maximum Gasteiger partial charge on any atom is 0.211 e. The van der Waals surface area contributed by atoms with Crippen LogP contribution in [0.1, 0.15) is 13.8 Å². The Morgan fingerprint density at radius 2 is 1.75 bits per heavy atom. The first-order chi connectivity index (χ1) is 11.4. The number of rotatable bonds is 8. The zero-order chi connectivity index (χ0) is 17.6. The van der Waals surface area contributed by atoms with Gasteiger partial charge < -0.3 is 9.64 Å². The number of hydrogen-bond donors (Lipinski definition) is 1. The molecular formula is C17H29N3O3S. The SMILES string of the molecule is COc1ccc(N2CCN(CCNS(=O)(=O)CC(C)C)CC2)cc1. The lowest BCUT2D eigenvalue weighted by Gasteiger charge is -2.36. The van der Waals surface area contributed by atoms with Crippen molar-refractivity contribution in [1.29, 1.82) is 0 Å². The third-order valence-corrected chi connectivity index (χ3v) is 5.86. The van der Waals surface area contributed by atoms with E-state index in [-0.39, 0.29) is 11.7 Å². The van der Waals surface area contributed by atoms with Crippen LogP contribution in [0.15, 0.2) is 24.3 Å². The molecule has 0 atom stereocenters. The fourth-order valence-corrected chi connectivity index (χ4v) is 4.28. The summed E-state index contributed by atoms with van der Waals surface area (Å²) in [5.74, 6) is 1.21. The smallest absolute Gasteiger partial charge is 0.211 e. The van der Waals surface area contributed by atoms with E-state index in [9.17, 15) is 8.42 Å². The Morgan fingerprint density at radius 3 is 2.29 bits per heavy atom. The average Bonchev–Trinajstić information content (AvgIpc) is 2.54. The van der Waals surface area contributed by atoms with Gasteiger partial charge in [-0.05, 0) is 30.2 Å². The number of benzene rings is 1. The van der Waals surface area contributed by atoms with Crippen molar-refractivity contribution in [2.75, 3.05) is 57.0 Å².